The van der Waals surface area contributed by atoms with E-state index in [9.17, 15) is 13.0 Å². The molecule has 4 nitrogen and oxygen atoms in total. The van der Waals surface area contributed by atoms with Crippen molar-refractivity contribution in [1.29, 1.82) is 0 Å². The van der Waals surface area contributed by atoms with E-state index in [1.54, 1.807) is 0 Å². The van der Waals surface area contributed by atoms with Crippen LogP contribution < -0.4 is 29.6 Å². The average molecular weight is 497 g/mol. The Morgan fingerprint density at radius 2 is 1.06 bits per heavy atom. The first-order valence-corrected chi connectivity index (χ1v) is 15.1. The molecule has 0 spiro atoms. The van der Waals surface area contributed by atoms with Crippen LogP contribution in [0.5, 0.6) is 0 Å². The Labute approximate surface area is 229 Å². The minimum Gasteiger partial charge on any atom is -0.726 e. The zero-order chi connectivity index (χ0) is 23.8. The number of rotatable bonds is 25. The molecule has 1 unspecified atom stereocenters. The summed E-state index contributed by atoms with van der Waals surface area (Å²) in [7, 11) is -4.61. The molecule has 0 N–H and O–H groups in total. The summed E-state index contributed by atoms with van der Waals surface area (Å²) in [4.78, 5) is 0. The van der Waals surface area contributed by atoms with Crippen molar-refractivity contribution in [3.05, 3.63) is 12.2 Å². The molecule has 192 valence electrons. The van der Waals surface area contributed by atoms with Gasteiger partial charge in [-0.05, 0) is 19.3 Å². The largest absolute Gasteiger partial charge is 1.00 e. The van der Waals surface area contributed by atoms with E-state index in [0.717, 1.165) is 19.3 Å². The molecule has 0 bridgehead atoms. The third kappa shape index (κ3) is 30.6. The zero-order valence-electron chi connectivity index (χ0n) is 22.3. The van der Waals surface area contributed by atoms with Crippen LogP contribution in [0.4, 0.5) is 0 Å². The van der Waals surface area contributed by atoms with Crippen molar-refractivity contribution < 1.29 is 46.7 Å². The number of allylic oxidation sites excluding steroid dienone is 1. The fraction of sp³-hybridized carbons (Fsp3) is 0.926. The summed E-state index contributed by atoms with van der Waals surface area (Å²) in [5.74, 6) is 0.0198. The summed E-state index contributed by atoms with van der Waals surface area (Å²) < 4.78 is 37.1. The molecular formula is C27H53NaO4S. The van der Waals surface area contributed by atoms with E-state index in [4.69, 9.17) is 0 Å². The van der Waals surface area contributed by atoms with E-state index in [1.807, 2.05) is 0 Å². The number of hydrogen-bond acceptors (Lipinski definition) is 4. The fourth-order valence-corrected chi connectivity index (χ4v) is 4.50. The summed E-state index contributed by atoms with van der Waals surface area (Å²) in [6.45, 7) is 4.48. The molecule has 0 saturated carbocycles. The average Bonchev–Trinajstić information content (AvgIpc) is 2.75. The molecule has 0 aromatic carbocycles. The monoisotopic (exact) mass is 496 g/mol. The van der Waals surface area contributed by atoms with Gasteiger partial charge >= 0.3 is 29.6 Å². The van der Waals surface area contributed by atoms with E-state index >= 15 is 0 Å². The fourth-order valence-electron chi connectivity index (χ4n) is 4.16. The molecule has 0 aliphatic heterocycles. The Hall–Kier alpha value is 0.610. The third-order valence-electron chi connectivity index (χ3n) is 6.24. The quantitative estimate of drug-likeness (QED) is 0.0521. The maximum absolute atomic E-state index is 10.8. The maximum atomic E-state index is 10.8. The predicted molar refractivity (Wildman–Crippen MR) is 137 cm³/mol. The van der Waals surface area contributed by atoms with Gasteiger partial charge in [0.05, 0.1) is 6.61 Å². The van der Waals surface area contributed by atoms with E-state index < -0.39 is 10.4 Å². The minimum absolute atomic E-state index is 0. The Morgan fingerprint density at radius 3 is 1.48 bits per heavy atom. The van der Waals surface area contributed by atoms with Gasteiger partial charge in [0.2, 0.25) is 10.4 Å². The van der Waals surface area contributed by atoms with Crippen LogP contribution in [0.25, 0.3) is 0 Å². The Morgan fingerprint density at radius 1 is 0.667 bits per heavy atom. The number of unbranched alkanes of at least 4 members (excludes halogenated alkanes) is 18. The van der Waals surface area contributed by atoms with Crippen LogP contribution >= 0.6 is 0 Å². The predicted octanol–water partition coefficient (Wildman–Crippen LogP) is 5.87. The van der Waals surface area contributed by atoms with E-state index in [2.05, 4.69) is 30.2 Å². The molecule has 33 heavy (non-hydrogen) atoms. The van der Waals surface area contributed by atoms with Crippen LogP contribution in [0.2, 0.25) is 0 Å². The zero-order valence-corrected chi connectivity index (χ0v) is 25.1. The van der Waals surface area contributed by atoms with Gasteiger partial charge in [0.25, 0.3) is 0 Å². The van der Waals surface area contributed by atoms with Crippen molar-refractivity contribution in [3.63, 3.8) is 0 Å². The molecule has 0 aromatic heterocycles. The van der Waals surface area contributed by atoms with Gasteiger partial charge in [-0.3, -0.25) is 4.18 Å². The molecular weight excluding hydrogens is 443 g/mol. The molecule has 0 aliphatic carbocycles. The Balaban J connectivity index is 0. The van der Waals surface area contributed by atoms with Crippen LogP contribution in [0, 0.1) is 5.92 Å². The second kappa shape index (κ2) is 27.2. The molecule has 6 heteroatoms. The second-order valence-electron chi connectivity index (χ2n) is 9.47. The van der Waals surface area contributed by atoms with Crippen LogP contribution in [-0.2, 0) is 14.6 Å². The van der Waals surface area contributed by atoms with Crippen LogP contribution in [0.1, 0.15) is 149 Å². The maximum Gasteiger partial charge on any atom is 1.00 e. The summed E-state index contributed by atoms with van der Waals surface area (Å²) in [6, 6.07) is 0. The van der Waals surface area contributed by atoms with E-state index in [1.165, 1.54) is 116 Å². The Kier molecular flexibility index (Phi) is 29.5. The standard InChI is InChI=1S/C27H54O4S.Na/c1-3-5-7-9-11-13-15-17-19-21-23-25-27(26-31-32(28,29)30)24-22-20-18-16-14-12-10-8-6-4-2;/h23,25,27H,3-22,24,26H2,1-2H3,(H,28,29,30);/q;+1/p-1/b25-23+;. The van der Waals surface area contributed by atoms with Crippen LogP contribution in [-0.4, -0.2) is 19.6 Å². The molecule has 0 saturated heterocycles. The first kappa shape index (κ1) is 35.8. The van der Waals surface area contributed by atoms with Crippen molar-refractivity contribution >= 4 is 10.4 Å². The van der Waals surface area contributed by atoms with Crippen molar-refractivity contribution in [2.75, 3.05) is 6.61 Å². The number of hydrogen-bond donors (Lipinski definition) is 0. The van der Waals surface area contributed by atoms with Gasteiger partial charge in [-0.15, -0.1) is 0 Å². The Bertz CT molecular complexity index is 508. The molecule has 1 atom stereocenters. The van der Waals surface area contributed by atoms with Crippen LogP contribution in [0.15, 0.2) is 12.2 Å². The van der Waals surface area contributed by atoms with E-state index in [-0.39, 0.29) is 42.1 Å². The van der Waals surface area contributed by atoms with Gasteiger partial charge in [0.1, 0.15) is 0 Å². The molecule has 0 aliphatic rings. The molecule has 0 heterocycles. The first-order valence-electron chi connectivity index (χ1n) is 13.8. The minimum atomic E-state index is -4.61. The molecule has 0 radical (unpaired) electrons. The van der Waals surface area contributed by atoms with Gasteiger partial charge in [-0.1, -0.05) is 142 Å². The smallest absolute Gasteiger partial charge is 0.726 e. The summed E-state index contributed by atoms with van der Waals surface area (Å²) in [6.07, 6.45) is 30.8. The van der Waals surface area contributed by atoms with Crippen molar-refractivity contribution in [2.24, 2.45) is 5.92 Å². The van der Waals surface area contributed by atoms with Gasteiger partial charge in [0.15, 0.2) is 0 Å². The first-order chi connectivity index (χ1) is 15.5. The van der Waals surface area contributed by atoms with Crippen LogP contribution in [0.3, 0.4) is 0 Å². The van der Waals surface area contributed by atoms with Crippen molar-refractivity contribution in [1.82, 2.24) is 0 Å². The molecule has 0 fully saturated rings. The SMILES string of the molecule is CCCCCCCCCCC/C=C/C(CCCCCCCCCCCC)COS(=O)(=O)[O-].[Na+]. The molecule has 0 aromatic rings. The summed E-state index contributed by atoms with van der Waals surface area (Å²) >= 11 is 0. The van der Waals surface area contributed by atoms with Gasteiger partial charge in [-0.2, -0.15) is 0 Å². The van der Waals surface area contributed by atoms with Gasteiger partial charge < -0.3 is 4.55 Å². The summed E-state index contributed by atoms with van der Waals surface area (Å²) in [5.41, 5.74) is 0. The summed E-state index contributed by atoms with van der Waals surface area (Å²) in [5, 5.41) is 0. The van der Waals surface area contributed by atoms with Gasteiger partial charge in [-0.25, -0.2) is 8.42 Å². The van der Waals surface area contributed by atoms with Gasteiger partial charge in [0, 0.05) is 5.92 Å². The molecule has 0 rings (SSSR count). The van der Waals surface area contributed by atoms with Crippen molar-refractivity contribution in [3.8, 4) is 0 Å². The van der Waals surface area contributed by atoms with Crippen molar-refractivity contribution in [2.45, 2.75) is 149 Å². The third-order valence-corrected chi connectivity index (χ3v) is 6.66. The topological polar surface area (TPSA) is 66.4 Å². The van der Waals surface area contributed by atoms with E-state index in [0.29, 0.717) is 0 Å². The molecule has 0 amide bonds. The second-order valence-corrected chi connectivity index (χ2v) is 10.5. The normalized spacial score (nSPS) is 12.8.